The molecule has 11 heteroatoms. The Labute approximate surface area is 161 Å². The molecule has 0 fully saturated rings. The number of ether oxygens (including phenoxy) is 1. The summed E-state index contributed by atoms with van der Waals surface area (Å²) in [5.74, 6) is -0.513. The lowest BCUT2D eigenvalue weighted by molar-refractivity contribution is -0.119. The smallest absolute Gasteiger partial charge is 0.279 e. The van der Waals surface area contributed by atoms with Gasteiger partial charge in [-0.25, -0.2) is 4.39 Å². The fourth-order valence-electron chi connectivity index (χ4n) is 1.79. The number of aromatic nitrogens is 2. The molecule has 0 spiro atoms. The Kier molecular flexibility index (Phi) is 6.39. The van der Waals surface area contributed by atoms with Crippen molar-refractivity contribution in [3.63, 3.8) is 0 Å². The van der Waals surface area contributed by atoms with Crippen molar-refractivity contribution in [2.75, 3.05) is 5.75 Å². The van der Waals surface area contributed by atoms with E-state index in [0.29, 0.717) is 10.6 Å². The summed E-state index contributed by atoms with van der Waals surface area (Å²) in [6.07, 6.45) is 0. The monoisotopic (exact) mass is 408 g/mol. The van der Waals surface area contributed by atoms with Gasteiger partial charge in [0.2, 0.25) is 5.91 Å². The molecule has 3 rings (SSSR count). The van der Waals surface area contributed by atoms with E-state index in [0.717, 1.165) is 11.8 Å². The number of amides is 2. The van der Waals surface area contributed by atoms with E-state index in [1.807, 2.05) is 0 Å². The van der Waals surface area contributed by atoms with E-state index in [9.17, 15) is 14.0 Å². The number of nitrogens with zero attached hydrogens (tertiary/aromatic N) is 2. The molecule has 8 nitrogen and oxygen atoms in total. The second kappa shape index (κ2) is 9.14. The molecule has 0 aliphatic rings. The van der Waals surface area contributed by atoms with Gasteiger partial charge in [0.15, 0.2) is 6.61 Å². The predicted octanol–water partition coefficient (Wildman–Crippen LogP) is 2.40. The lowest BCUT2D eigenvalue weighted by Gasteiger charge is -2.04. The van der Waals surface area contributed by atoms with Crippen LogP contribution < -0.4 is 15.6 Å². The maximum absolute atomic E-state index is 12.8. The summed E-state index contributed by atoms with van der Waals surface area (Å²) in [5.41, 5.74) is 4.62. The molecule has 0 unspecified atom stereocenters. The summed E-state index contributed by atoms with van der Waals surface area (Å²) in [5, 5.41) is 9.54. The number of hydrogen-bond donors (Lipinski definition) is 2. The van der Waals surface area contributed by atoms with E-state index < -0.39 is 5.91 Å². The van der Waals surface area contributed by atoms with Crippen LogP contribution >= 0.6 is 23.1 Å². The van der Waals surface area contributed by atoms with Crippen LogP contribution in [-0.4, -0.2) is 27.8 Å². The molecule has 2 aromatic heterocycles. The van der Waals surface area contributed by atoms with Gasteiger partial charge >= 0.3 is 0 Å². The lowest BCUT2D eigenvalue weighted by Crippen LogP contribution is -2.42. The van der Waals surface area contributed by atoms with Crippen molar-refractivity contribution in [3.05, 3.63) is 58.4 Å². The van der Waals surface area contributed by atoms with Crippen molar-refractivity contribution in [2.24, 2.45) is 0 Å². The average Bonchev–Trinajstić information content (AvgIpc) is 3.36. The lowest BCUT2D eigenvalue weighted by atomic mass is 10.3. The minimum Gasteiger partial charge on any atom is -0.484 e. The SMILES string of the molecule is O=C(CSc1nnc(COc2ccc(F)cc2)o1)NNC(=O)c1cccs1. The molecule has 0 aliphatic heterocycles. The number of nitrogens with one attached hydrogen (secondary N) is 2. The number of thiophene rings is 1. The Balaban J connectivity index is 1.39. The van der Waals surface area contributed by atoms with Crippen molar-refractivity contribution in [3.8, 4) is 5.75 Å². The van der Waals surface area contributed by atoms with Crippen molar-refractivity contribution in [2.45, 2.75) is 11.8 Å². The van der Waals surface area contributed by atoms with E-state index in [-0.39, 0.29) is 35.2 Å². The standard InChI is InChI=1S/C16H13FN4O4S2/c17-10-3-5-11(6-4-10)24-8-14-19-21-16(25-14)27-9-13(22)18-20-15(23)12-2-1-7-26-12/h1-7H,8-9H2,(H,18,22)(H,20,23). The average molecular weight is 408 g/mol. The fourth-order valence-corrected chi connectivity index (χ4v) is 2.99. The van der Waals surface area contributed by atoms with Crippen molar-refractivity contribution in [1.82, 2.24) is 21.0 Å². The fraction of sp³-hybridized carbons (Fsp3) is 0.125. The van der Waals surface area contributed by atoms with Crippen LogP contribution in [0.4, 0.5) is 4.39 Å². The Morgan fingerprint density at radius 3 is 2.74 bits per heavy atom. The van der Waals surface area contributed by atoms with E-state index in [4.69, 9.17) is 9.15 Å². The Morgan fingerprint density at radius 1 is 1.19 bits per heavy atom. The van der Waals surface area contributed by atoms with Gasteiger partial charge in [-0.3, -0.25) is 20.4 Å². The zero-order valence-corrected chi connectivity index (χ0v) is 15.3. The largest absolute Gasteiger partial charge is 0.484 e. The van der Waals surface area contributed by atoms with Crippen LogP contribution in [0.25, 0.3) is 0 Å². The van der Waals surface area contributed by atoms with Gasteiger partial charge in [0.05, 0.1) is 10.6 Å². The number of carbonyl (C=O) groups excluding carboxylic acids is 2. The normalized spacial score (nSPS) is 10.4. The maximum atomic E-state index is 12.8. The van der Waals surface area contributed by atoms with Crippen LogP contribution in [0.15, 0.2) is 51.4 Å². The van der Waals surface area contributed by atoms with Gasteiger partial charge in [-0.05, 0) is 35.7 Å². The first-order valence-corrected chi connectivity index (χ1v) is 9.43. The van der Waals surface area contributed by atoms with Gasteiger partial charge in [-0.2, -0.15) is 0 Å². The summed E-state index contributed by atoms with van der Waals surface area (Å²) < 4.78 is 23.5. The first-order chi connectivity index (χ1) is 13.1. The van der Waals surface area contributed by atoms with Crippen molar-refractivity contribution < 1.29 is 23.1 Å². The highest BCUT2D eigenvalue weighted by Gasteiger charge is 2.12. The second-order valence-electron chi connectivity index (χ2n) is 4.97. The first-order valence-electron chi connectivity index (χ1n) is 7.56. The van der Waals surface area contributed by atoms with Crippen LogP contribution in [0.3, 0.4) is 0 Å². The maximum Gasteiger partial charge on any atom is 0.279 e. The third kappa shape index (κ3) is 5.79. The first kappa shape index (κ1) is 18.9. The van der Waals surface area contributed by atoms with E-state index >= 15 is 0 Å². The molecule has 1 aromatic carbocycles. The summed E-state index contributed by atoms with van der Waals surface area (Å²) in [7, 11) is 0. The molecular formula is C16H13FN4O4S2. The van der Waals surface area contributed by atoms with E-state index in [2.05, 4.69) is 21.0 Å². The third-order valence-electron chi connectivity index (χ3n) is 3.01. The number of benzene rings is 1. The summed E-state index contributed by atoms with van der Waals surface area (Å²) >= 11 is 2.28. The molecule has 0 bridgehead atoms. The summed E-state index contributed by atoms with van der Waals surface area (Å²) in [4.78, 5) is 23.9. The minimum atomic E-state index is -0.424. The molecule has 27 heavy (non-hydrogen) atoms. The van der Waals surface area contributed by atoms with Gasteiger partial charge in [0.1, 0.15) is 11.6 Å². The Hall–Kier alpha value is -2.92. The molecule has 0 saturated heterocycles. The molecule has 2 amide bonds. The summed E-state index contributed by atoms with van der Waals surface area (Å²) in [6.45, 7) is 0.0161. The van der Waals surface area contributed by atoms with Gasteiger partial charge in [0, 0.05) is 0 Å². The Morgan fingerprint density at radius 2 is 2.00 bits per heavy atom. The molecule has 0 saturated carbocycles. The van der Waals surface area contributed by atoms with Crippen LogP contribution in [-0.2, 0) is 11.4 Å². The van der Waals surface area contributed by atoms with Crippen molar-refractivity contribution in [1.29, 1.82) is 0 Å². The molecule has 2 N–H and O–H groups in total. The number of thioether (sulfide) groups is 1. The second-order valence-corrected chi connectivity index (χ2v) is 6.85. The molecule has 140 valence electrons. The Bertz CT molecular complexity index is 900. The number of halogens is 1. The van der Waals surface area contributed by atoms with Crippen LogP contribution in [0, 0.1) is 5.82 Å². The number of rotatable bonds is 7. The van der Waals surface area contributed by atoms with Crippen LogP contribution in [0.1, 0.15) is 15.6 Å². The molecule has 2 heterocycles. The van der Waals surface area contributed by atoms with E-state index in [1.165, 1.54) is 35.6 Å². The highest BCUT2D eigenvalue weighted by molar-refractivity contribution is 7.99. The molecule has 0 aliphatic carbocycles. The molecular weight excluding hydrogens is 395 g/mol. The highest BCUT2D eigenvalue weighted by Crippen LogP contribution is 2.17. The van der Waals surface area contributed by atoms with Crippen LogP contribution in [0.2, 0.25) is 0 Å². The minimum absolute atomic E-state index is 0.0161. The summed E-state index contributed by atoms with van der Waals surface area (Å²) in [6, 6.07) is 8.91. The highest BCUT2D eigenvalue weighted by atomic mass is 32.2. The van der Waals surface area contributed by atoms with Gasteiger partial charge < -0.3 is 9.15 Å². The predicted molar refractivity (Wildman–Crippen MR) is 95.7 cm³/mol. The van der Waals surface area contributed by atoms with Gasteiger partial charge in [-0.15, -0.1) is 21.5 Å². The zero-order chi connectivity index (χ0) is 19.1. The number of hydrazine groups is 1. The van der Waals surface area contributed by atoms with Gasteiger partial charge in [0.25, 0.3) is 17.0 Å². The molecule has 3 aromatic rings. The molecule has 0 radical (unpaired) electrons. The van der Waals surface area contributed by atoms with Crippen molar-refractivity contribution >= 4 is 34.9 Å². The van der Waals surface area contributed by atoms with E-state index in [1.54, 1.807) is 17.5 Å². The van der Waals surface area contributed by atoms with Gasteiger partial charge in [-0.1, -0.05) is 17.8 Å². The third-order valence-corrected chi connectivity index (χ3v) is 4.70. The number of carbonyl (C=O) groups is 2. The van der Waals surface area contributed by atoms with Crippen LogP contribution in [0.5, 0.6) is 5.75 Å². The number of hydrogen-bond acceptors (Lipinski definition) is 8. The quantitative estimate of drug-likeness (QED) is 0.457. The topological polar surface area (TPSA) is 106 Å². The zero-order valence-electron chi connectivity index (χ0n) is 13.7. The molecule has 0 atom stereocenters.